The number of nitrogens with zero attached hydrogens (tertiary/aromatic N) is 5. The largest absolute Gasteiger partial charge is 0.382 e. The molecule has 0 unspecified atom stereocenters. The number of hydrogen-bond donors (Lipinski definition) is 1. The number of anilines is 2. The Hall–Kier alpha value is -2.18. The highest BCUT2D eigenvalue weighted by Crippen LogP contribution is 2.19. The molecule has 2 aromatic rings. The number of carbonyl (C=O) groups excluding carboxylic acids is 1. The second-order valence-corrected chi connectivity index (χ2v) is 5.43. The molecule has 7 nitrogen and oxygen atoms in total. The first-order valence-corrected chi connectivity index (χ1v) is 7.14. The minimum Gasteiger partial charge on any atom is -0.382 e. The van der Waals surface area contributed by atoms with E-state index in [-0.39, 0.29) is 5.78 Å². The van der Waals surface area contributed by atoms with Crippen molar-refractivity contribution in [2.24, 2.45) is 0 Å². The zero-order valence-corrected chi connectivity index (χ0v) is 12.8. The number of imidazole rings is 1. The van der Waals surface area contributed by atoms with Crippen LogP contribution in [0.15, 0.2) is 6.33 Å². The van der Waals surface area contributed by atoms with Crippen molar-refractivity contribution in [3.8, 4) is 0 Å². The SMILES string of the molecule is CC(=O)CCCCCn1cnc2c(N)nc(N(C)C)nc21. The average Bonchev–Trinajstić information content (AvgIpc) is 2.81. The van der Waals surface area contributed by atoms with E-state index < -0.39 is 0 Å². The molecule has 0 fully saturated rings. The van der Waals surface area contributed by atoms with Crippen LogP contribution in [0.25, 0.3) is 11.2 Å². The van der Waals surface area contributed by atoms with Gasteiger partial charge in [-0.25, -0.2) is 4.98 Å². The van der Waals surface area contributed by atoms with Gasteiger partial charge in [0.25, 0.3) is 0 Å². The summed E-state index contributed by atoms with van der Waals surface area (Å²) < 4.78 is 1.99. The van der Waals surface area contributed by atoms with Gasteiger partial charge in [0.1, 0.15) is 11.3 Å². The molecule has 0 bridgehead atoms. The Balaban J connectivity index is 2.08. The minimum absolute atomic E-state index is 0.249. The topological polar surface area (TPSA) is 89.9 Å². The first-order valence-electron chi connectivity index (χ1n) is 7.14. The van der Waals surface area contributed by atoms with Gasteiger partial charge in [0.15, 0.2) is 11.5 Å². The van der Waals surface area contributed by atoms with Gasteiger partial charge in [-0.05, 0) is 19.8 Å². The summed E-state index contributed by atoms with van der Waals surface area (Å²) in [6, 6.07) is 0. The number of hydrogen-bond acceptors (Lipinski definition) is 6. The van der Waals surface area contributed by atoms with Crippen molar-refractivity contribution in [2.75, 3.05) is 24.7 Å². The Morgan fingerprint density at radius 3 is 2.71 bits per heavy atom. The quantitative estimate of drug-likeness (QED) is 0.779. The molecule has 2 heterocycles. The van der Waals surface area contributed by atoms with Crippen LogP contribution in [-0.4, -0.2) is 39.4 Å². The fraction of sp³-hybridized carbons (Fsp3) is 0.571. The number of fused-ring (bicyclic) bond motifs is 1. The van der Waals surface area contributed by atoms with E-state index in [9.17, 15) is 4.79 Å². The highest BCUT2D eigenvalue weighted by atomic mass is 16.1. The molecule has 7 heteroatoms. The number of rotatable bonds is 7. The van der Waals surface area contributed by atoms with Gasteiger partial charge in [-0.2, -0.15) is 9.97 Å². The average molecular weight is 290 g/mol. The smallest absolute Gasteiger partial charge is 0.228 e. The second-order valence-electron chi connectivity index (χ2n) is 5.43. The van der Waals surface area contributed by atoms with E-state index in [0.717, 1.165) is 31.5 Å². The first kappa shape index (κ1) is 15.2. The Bertz CT molecular complexity index is 634. The van der Waals surface area contributed by atoms with E-state index in [0.29, 0.717) is 23.7 Å². The molecule has 114 valence electrons. The molecule has 2 rings (SSSR count). The van der Waals surface area contributed by atoms with Crippen molar-refractivity contribution in [1.29, 1.82) is 0 Å². The van der Waals surface area contributed by atoms with Crippen LogP contribution in [0, 0.1) is 0 Å². The maximum absolute atomic E-state index is 10.9. The first-order chi connectivity index (χ1) is 9.99. The summed E-state index contributed by atoms with van der Waals surface area (Å²) in [4.78, 5) is 25.7. The van der Waals surface area contributed by atoms with Gasteiger partial charge in [0.2, 0.25) is 5.95 Å². The molecule has 2 N–H and O–H groups in total. The summed E-state index contributed by atoms with van der Waals surface area (Å²) >= 11 is 0. The van der Waals surface area contributed by atoms with Crippen LogP contribution in [0.3, 0.4) is 0 Å². The van der Waals surface area contributed by atoms with E-state index in [1.807, 2.05) is 23.6 Å². The standard InChI is InChI=1S/C14H22N6O/c1-10(21)7-5-4-6-8-20-9-16-11-12(15)17-14(19(2)3)18-13(11)20/h9H,4-8H2,1-3H3,(H2,15,17,18). The molecular weight excluding hydrogens is 268 g/mol. The van der Waals surface area contributed by atoms with Crippen LogP contribution < -0.4 is 10.6 Å². The molecular formula is C14H22N6O. The molecule has 21 heavy (non-hydrogen) atoms. The number of Topliss-reactive ketones (excluding diaryl/α,β-unsaturated/α-hetero) is 1. The van der Waals surface area contributed by atoms with Crippen molar-refractivity contribution in [2.45, 2.75) is 39.2 Å². The predicted octanol–water partition coefficient (Wildman–Crippen LogP) is 1.62. The molecule has 0 aromatic carbocycles. The fourth-order valence-electron chi connectivity index (χ4n) is 2.15. The number of ketones is 1. The number of aryl methyl sites for hydroxylation is 1. The van der Waals surface area contributed by atoms with Crippen molar-refractivity contribution in [3.63, 3.8) is 0 Å². The lowest BCUT2D eigenvalue weighted by molar-refractivity contribution is -0.117. The summed E-state index contributed by atoms with van der Waals surface area (Å²) in [7, 11) is 3.76. The fourth-order valence-corrected chi connectivity index (χ4v) is 2.15. The van der Waals surface area contributed by atoms with Crippen molar-refractivity contribution in [1.82, 2.24) is 19.5 Å². The third-order valence-corrected chi connectivity index (χ3v) is 3.31. The van der Waals surface area contributed by atoms with Crippen LogP contribution in [0.5, 0.6) is 0 Å². The van der Waals surface area contributed by atoms with Gasteiger partial charge in [0, 0.05) is 27.1 Å². The van der Waals surface area contributed by atoms with Crippen LogP contribution in [0.4, 0.5) is 11.8 Å². The monoisotopic (exact) mass is 290 g/mol. The molecule has 0 saturated heterocycles. The van der Waals surface area contributed by atoms with Crippen molar-refractivity contribution < 1.29 is 4.79 Å². The maximum Gasteiger partial charge on any atom is 0.228 e. The molecule has 0 radical (unpaired) electrons. The number of nitrogen functional groups attached to an aromatic ring is 1. The summed E-state index contributed by atoms with van der Waals surface area (Å²) in [5.74, 6) is 1.23. The summed E-state index contributed by atoms with van der Waals surface area (Å²) in [5, 5.41) is 0. The van der Waals surface area contributed by atoms with E-state index in [4.69, 9.17) is 5.73 Å². The summed E-state index contributed by atoms with van der Waals surface area (Å²) in [5.41, 5.74) is 7.33. The van der Waals surface area contributed by atoms with Gasteiger partial charge < -0.3 is 20.0 Å². The highest BCUT2D eigenvalue weighted by molar-refractivity contribution is 5.82. The lowest BCUT2D eigenvalue weighted by Gasteiger charge is -2.11. The molecule has 0 atom stereocenters. The number of unbranched alkanes of at least 4 members (excludes halogenated alkanes) is 2. The summed E-state index contributed by atoms with van der Waals surface area (Å²) in [6.45, 7) is 2.45. The Morgan fingerprint density at radius 2 is 2.05 bits per heavy atom. The molecule has 0 spiro atoms. The van der Waals surface area contributed by atoms with E-state index in [1.165, 1.54) is 0 Å². The number of carbonyl (C=O) groups is 1. The molecule has 0 saturated carbocycles. The Kier molecular flexibility index (Phi) is 4.72. The van der Waals surface area contributed by atoms with Crippen LogP contribution in [0.1, 0.15) is 32.6 Å². The van der Waals surface area contributed by atoms with Gasteiger partial charge >= 0.3 is 0 Å². The third kappa shape index (κ3) is 3.68. The third-order valence-electron chi connectivity index (χ3n) is 3.31. The minimum atomic E-state index is 0.249. The molecule has 2 aromatic heterocycles. The lowest BCUT2D eigenvalue weighted by atomic mass is 10.1. The van der Waals surface area contributed by atoms with Gasteiger partial charge in [-0.1, -0.05) is 6.42 Å². The Morgan fingerprint density at radius 1 is 1.29 bits per heavy atom. The Labute approximate surface area is 124 Å². The lowest BCUT2D eigenvalue weighted by Crippen LogP contribution is -2.14. The highest BCUT2D eigenvalue weighted by Gasteiger charge is 2.12. The van der Waals surface area contributed by atoms with Crippen molar-refractivity contribution >= 4 is 28.7 Å². The van der Waals surface area contributed by atoms with Crippen molar-refractivity contribution in [3.05, 3.63) is 6.33 Å². The molecule has 0 aliphatic carbocycles. The van der Waals surface area contributed by atoms with Gasteiger partial charge in [-0.3, -0.25) is 0 Å². The molecule has 0 amide bonds. The zero-order valence-electron chi connectivity index (χ0n) is 12.8. The van der Waals surface area contributed by atoms with Crippen LogP contribution >= 0.6 is 0 Å². The number of aromatic nitrogens is 4. The van der Waals surface area contributed by atoms with E-state index >= 15 is 0 Å². The normalized spacial score (nSPS) is 11.0. The predicted molar refractivity (Wildman–Crippen MR) is 83.2 cm³/mol. The van der Waals surface area contributed by atoms with E-state index in [2.05, 4.69) is 15.0 Å². The second kappa shape index (κ2) is 6.51. The van der Waals surface area contributed by atoms with E-state index in [1.54, 1.807) is 13.3 Å². The molecule has 0 aliphatic heterocycles. The maximum atomic E-state index is 10.9. The molecule has 0 aliphatic rings. The van der Waals surface area contributed by atoms with Gasteiger partial charge in [-0.15, -0.1) is 0 Å². The summed E-state index contributed by atoms with van der Waals surface area (Å²) in [6.07, 6.45) is 5.34. The zero-order chi connectivity index (χ0) is 15.4. The van der Waals surface area contributed by atoms with Crippen LogP contribution in [-0.2, 0) is 11.3 Å². The van der Waals surface area contributed by atoms with Gasteiger partial charge in [0.05, 0.1) is 6.33 Å². The number of nitrogens with two attached hydrogens (primary N) is 1. The van der Waals surface area contributed by atoms with Crippen LogP contribution in [0.2, 0.25) is 0 Å².